The molecule has 0 amide bonds. The highest BCUT2D eigenvalue weighted by Gasteiger charge is 2.15. The number of nitrogens with one attached hydrogen (secondary N) is 2. The van der Waals surface area contributed by atoms with Gasteiger partial charge in [-0.2, -0.15) is 0 Å². The van der Waals surface area contributed by atoms with Gasteiger partial charge in [-0.15, -0.1) is 0 Å². The van der Waals surface area contributed by atoms with Crippen LogP contribution in [-0.4, -0.2) is 27.6 Å². The summed E-state index contributed by atoms with van der Waals surface area (Å²) in [5.74, 6) is 0.131. The Bertz CT molecular complexity index is 442. The topological polar surface area (TPSA) is 95.1 Å². The van der Waals surface area contributed by atoms with E-state index < -0.39 is 5.97 Å². The number of aliphatic carboxylic acids is 1. The zero-order chi connectivity index (χ0) is 13.5. The molecule has 1 aromatic heterocycles. The molecule has 0 radical (unpaired) electrons. The van der Waals surface area contributed by atoms with Crippen LogP contribution >= 0.6 is 0 Å². The fourth-order valence-corrected chi connectivity index (χ4v) is 1.87. The molecule has 3 N–H and O–H groups in total. The van der Waals surface area contributed by atoms with Gasteiger partial charge >= 0.3 is 5.97 Å². The van der Waals surface area contributed by atoms with Gasteiger partial charge in [-0.1, -0.05) is 13.8 Å². The molecular weight excluding hydrogens is 234 g/mol. The fraction of sp³-hybridized carbons (Fsp3) is 0.583. The van der Waals surface area contributed by atoms with Crippen LogP contribution < -0.4 is 10.9 Å². The van der Waals surface area contributed by atoms with E-state index in [2.05, 4.69) is 29.1 Å². The van der Waals surface area contributed by atoms with Crippen LogP contribution in [-0.2, 0) is 4.79 Å². The molecule has 0 spiro atoms. The Hall–Kier alpha value is -1.85. The average molecular weight is 253 g/mol. The lowest BCUT2D eigenvalue weighted by Gasteiger charge is -2.17. The molecule has 0 aliphatic heterocycles. The van der Waals surface area contributed by atoms with Crippen molar-refractivity contribution in [2.24, 2.45) is 11.8 Å². The van der Waals surface area contributed by atoms with Crippen molar-refractivity contribution >= 4 is 11.8 Å². The van der Waals surface area contributed by atoms with Crippen molar-refractivity contribution in [1.82, 2.24) is 9.97 Å². The average Bonchev–Trinajstić information content (AvgIpc) is 2.24. The van der Waals surface area contributed by atoms with E-state index in [-0.39, 0.29) is 17.9 Å². The summed E-state index contributed by atoms with van der Waals surface area (Å²) >= 11 is 0. The highest BCUT2D eigenvalue weighted by Crippen LogP contribution is 2.16. The highest BCUT2D eigenvalue weighted by molar-refractivity contribution is 5.67. The number of aromatic amines is 1. The second-order valence-corrected chi connectivity index (χ2v) is 4.77. The molecule has 0 aliphatic carbocycles. The first-order chi connectivity index (χ1) is 8.47. The Labute approximate surface area is 105 Å². The van der Waals surface area contributed by atoms with Crippen molar-refractivity contribution in [3.05, 3.63) is 22.7 Å². The van der Waals surface area contributed by atoms with Crippen LogP contribution in [0, 0.1) is 11.8 Å². The summed E-state index contributed by atoms with van der Waals surface area (Å²) in [5.41, 5.74) is -0.230. The number of hydrogen-bond donors (Lipinski definition) is 3. The van der Waals surface area contributed by atoms with Crippen LogP contribution in [0.4, 0.5) is 5.82 Å². The van der Waals surface area contributed by atoms with Gasteiger partial charge in [0.25, 0.3) is 5.56 Å². The molecule has 1 unspecified atom stereocenters. The zero-order valence-electron chi connectivity index (χ0n) is 10.6. The largest absolute Gasteiger partial charge is 0.481 e. The van der Waals surface area contributed by atoms with Crippen LogP contribution in [0.1, 0.15) is 26.7 Å². The van der Waals surface area contributed by atoms with Gasteiger partial charge in [0.2, 0.25) is 0 Å². The Balaban J connectivity index is 2.55. The van der Waals surface area contributed by atoms with Crippen LogP contribution in [0.3, 0.4) is 0 Å². The molecule has 1 rings (SSSR count). The maximum Gasteiger partial charge on any atom is 0.303 e. The van der Waals surface area contributed by atoms with Crippen molar-refractivity contribution in [1.29, 1.82) is 0 Å². The number of aromatic nitrogens is 2. The maximum absolute atomic E-state index is 11.1. The summed E-state index contributed by atoms with van der Waals surface area (Å²) in [4.78, 5) is 28.2. The number of anilines is 1. The molecule has 6 heteroatoms. The molecule has 0 saturated carbocycles. The number of nitrogens with zero attached hydrogens (tertiary/aromatic N) is 1. The molecule has 0 bridgehead atoms. The number of hydrogen-bond acceptors (Lipinski definition) is 4. The number of carboxylic acid groups (broad SMARTS) is 1. The lowest BCUT2D eigenvalue weighted by atomic mass is 9.94. The molecule has 1 heterocycles. The lowest BCUT2D eigenvalue weighted by Crippen LogP contribution is -2.21. The molecule has 0 saturated heterocycles. The van der Waals surface area contributed by atoms with Gasteiger partial charge in [0, 0.05) is 19.0 Å². The summed E-state index contributed by atoms with van der Waals surface area (Å²) in [7, 11) is 0. The predicted octanol–water partition coefficient (Wildman–Crippen LogP) is 1.32. The van der Waals surface area contributed by atoms with Crippen LogP contribution in [0.15, 0.2) is 17.2 Å². The third kappa shape index (κ3) is 5.47. The first-order valence-corrected chi connectivity index (χ1v) is 5.97. The van der Waals surface area contributed by atoms with Gasteiger partial charge in [-0.05, 0) is 18.3 Å². The van der Waals surface area contributed by atoms with Gasteiger partial charge in [0.15, 0.2) is 0 Å². The van der Waals surface area contributed by atoms with Gasteiger partial charge in [0.05, 0.1) is 6.33 Å². The van der Waals surface area contributed by atoms with Gasteiger partial charge in [-0.3, -0.25) is 9.59 Å². The molecule has 100 valence electrons. The van der Waals surface area contributed by atoms with E-state index in [1.165, 1.54) is 12.4 Å². The maximum atomic E-state index is 11.1. The van der Waals surface area contributed by atoms with E-state index in [4.69, 9.17) is 5.11 Å². The summed E-state index contributed by atoms with van der Waals surface area (Å²) in [5, 5.41) is 11.8. The van der Waals surface area contributed by atoms with Crippen molar-refractivity contribution in [3.8, 4) is 0 Å². The number of rotatable bonds is 7. The van der Waals surface area contributed by atoms with Crippen molar-refractivity contribution in [2.45, 2.75) is 26.7 Å². The quantitative estimate of drug-likeness (QED) is 0.681. The van der Waals surface area contributed by atoms with Crippen LogP contribution in [0.25, 0.3) is 0 Å². The van der Waals surface area contributed by atoms with Gasteiger partial charge in [-0.25, -0.2) is 4.98 Å². The second kappa shape index (κ2) is 6.78. The molecular formula is C12H19N3O3. The number of carboxylic acids is 1. The third-order valence-corrected chi connectivity index (χ3v) is 2.52. The molecule has 18 heavy (non-hydrogen) atoms. The summed E-state index contributed by atoms with van der Waals surface area (Å²) < 4.78 is 0. The highest BCUT2D eigenvalue weighted by atomic mass is 16.4. The van der Waals surface area contributed by atoms with Gasteiger partial charge < -0.3 is 15.4 Å². The Kier molecular flexibility index (Phi) is 5.35. The normalized spacial score (nSPS) is 12.4. The predicted molar refractivity (Wildman–Crippen MR) is 68.5 cm³/mol. The smallest absolute Gasteiger partial charge is 0.303 e. The van der Waals surface area contributed by atoms with Crippen molar-refractivity contribution in [3.63, 3.8) is 0 Å². The summed E-state index contributed by atoms with van der Waals surface area (Å²) in [6.45, 7) is 4.61. The first kappa shape index (κ1) is 14.2. The van der Waals surface area contributed by atoms with E-state index in [0.717, 1.165) is 6.42 Å². The lowest BCUT2D eigenvalue weighted by molar-refractivity contribution is -0.138. The molecule has 0 aromatic carbocycles. The van der Waals surface area contributed by atoms with E-state index in [9.17, 15) is 9.59 Å². The molecule has 0 aliphatic rings. The summed E-state index contributed by atoms with van der Waals surface area (Å²) in [6, 6.07) is 1.35. The van der Waals surface area contributed by atoms with Crippen molar-refractivity contribution in [2.75, 3.05) is 11.9 Å². The van der Waals surface area contributed by atoms with E-state index >= 15 is 0 Å². The third-order valence-electron chi connectivity index (χ3n) is 2.52. The molecule has 1 atom stereocenters. The minimum absolute atomic E-state index is 0.0311. The van der Waals surface area contributed by atoms with Gasteiger partial charge in [0.1, 0.15) is 5.82 Å². The SMILES string of the molecule is CC(C)CC(CNc1cc(=O)[nH]cn1)CC(=O)O. The zero-order valence-corrected chi connectivity index (χ0v) is 10.6. The van der Waals surface area contributed by atoms with Crippen LogP contribution in [0.5, 0.6) is 0 Å². The standard InChI is InChI=1S/C12H19N3O3/c1-8(2)3-9(4-12(17)18)6-13-10-5-11(16)15-7-14-10/h5,7-9H,3-4,6H2,1-2H3,(H,17,18)(H2,13,14,15,16). The Morgan fingerprint density at radius 3 is 2.83 bits per heavy atom. The molecule has 6 nitrogen and oxygen atoms in total. The van der Waals surface area contributed by atoms with E-state index in [0.29, 0.717) is 18.3 Å². The van der Waals surface area contributed by atoms with Crippen LogP contribution in [0.2, 0.25) is 0 Å². The monoisotopic (exact) mass is 253 g/mol. The fourth-order valence-electron chi connectivity index (χ4n) is 1.87. The molecule has 0 fully saturated rings. The summed E-state index contributed by atoms with van der Waals surface area (Å²) in [6.07, 6.45) is 2.26. The number of carbonyl (C=O) groups is 1. The minimum Gasteiger partial charge on any atom is -0.481 e. The first-order valence-electron chi connectivity index (χ1n) is 5.97. The number of H-pyrrole nitrogens is 1. The Morgan fingerprint density at radius 2 is 2.28 bits per heavy atom. The second-order valence-electron chi connectivity index (χ2n) is 4.77. The van der Waals surface area contributed by atoms with Crippen molar-refractivity contribution < 1.29 is 9.90 Å². The molecule has 1 aromatic rings. The van der Waals surface area contributed by atoms with E-state index in [1.54, 1.807) is 0 Å². The minimum atomic E-state index is -0.804. The Morgan fingerprint density at radius 1 is 1.56 bits per heavy atom. The van der Waals surface area contributed by atoms with E-state index in [1.807, 2.05) is 0 Å².